The van der Waals surface area contributed by atoms with Crippen molar-refractivity contribution in [2.24, 2.45) is 0 Å². The van der Waals surface area contributed by atoms with Crippen molar-refractivity contribution in [1.82, 2.24) is 9.88 Å². The summed E-state index contributed by atoms with van der Waals surface area (Å²) in [6.45, 7) is 5.49. The Labute approximate surface area is 143 Å². The van der Waals surface area contributed by atoms with Crippen LogP contribution in [0.4, 0.5) is 13.2 Å². The number of aromatic amines is 1. The Balaban J connectivity index is 1.85. The smallest absolute Gasteiger partial charge is 0.365 e. The van der Waals surface area contributed by atoms with Crippen LogP contribution in [0.1, 0.15) is 22.4 Å². The van der Waals surface area contributed by atoms with E-state index in [4.69, 9.17) is 4.74 Å². The molecular formula is C18H21F3N2O2. The van der Waals surface area contributed by atoms with Gasteiger partial charge >= 0.3 is 6.18 Å². The van der Waals surface area contributed by atoms with Crippen LogP contribution in [0, 0.1) is 20.8 Å². The monoisotopic (exact) mass is 354 g/mol. The van der Waals surface area contributed by atoms with Gasteiger partial charge in [0.1, 0.15) is 0 Å². The second-order valence-corrected chi connectivity index (χ2v) is 6.60. The molecule has 1 aliphatic heterocycles. The lowest BCUT2D eigenvalue weighted by Crippen LogP contribution is -2.51. The van der Waals surface area contributed by atoms with E-state index >= 15 is 0 Å². The number of nitrogens with zero attached hydrogens (tertiary/aromatic N) is 1. The van der Waals surface area contributed by atoms with E-state index < -0.39 is 18.8 Å². The molecule has 1 N–H and O–H groups in total. The first-order chi connectivity index (χ1) is 11.7. The molecule has 7 heteroatoms. The van der Waals surface area contributed by atoms with Gasteiger partial charge in [-0.3, -0.25) is 4.79 Å². The van der Waals surface area contributed by atoms with Gasteiger partial charge in [0.15, 0.2) is 6.10 Å². The average Bonchev–Trinajstić information content (AvgIpc) is 2.88. The average molecular weight is 354 g/mol. The predicted molar refractivity (Wildman–Crippen MR) is 88.6 cm³/mol. The lowest BCUT2D eigenvalue weighted by Gasteiger charge is -2.34. The topological polar surface area (TPSA) is 45.3 Å². The highest BCUT2D eigenvalue weighted by Crippen LogP contribution is 2.30. The first-order valence-corrected chi connectivity index (χ1v) is 8.22. The number of alkyl halides is 3. The van der Waals surface area contributed by atoms with E-state index in [1.807, 2.05) is 32.9 Å². The minimum absolute atomic E-state index is 0.0840. The van der Waals surface area contributed by atoms with Gasteiger partial charge in [0.25, 0.3) is 0 Å². The number of nitrogens with one attached hydrogen (secondary N) is 1. The molecule has 0 spiro atoms. The zero-order valence-corrected chi connectivity index (χ0v) is 14.5. The number of hydrogen-bond donors (Lipinski definition) is 1. The number of morpholine rings is 1. The van der Waals surface area contributed by atoms with E-state index in [9.17, 15) is 18.0 Å². The Morgan fingerprint density at radius 1 is 1.28 bits per heavy atom. The summed E-state index contributed by atoms with van der Waals surface area (Å²) in [5.41, 5.74) is 4.84. The van der Waals surface area contributed by atoms with E-state index in [2.05, 4.69) is 4.98 Å². The van der Waals surface area contributed by atoms with Crippen molar-refractivity contribution in [3.8, 4) is 0 Å². The third-order valence-electron chi connectivity index (χ3n) is 4.80. The van der Waals surface area contributed by atoms with Crippen LogP contribution in [0.15, 0.2) is 12.1 Å². The highest BCUT2D eigenvalue weighted by Gasteiger charge is 2.44. The van der Waals surface area contributed by atoms with Crippen molar-refractivity contribution in [1.29, 1.82) is 0 Å². The van der Waals surface area contributed by atoms with Crippen LogP contribution in [0.5, 0.6) is 0 Å². The van der Waals surface area contributed by atoms with E-state index in [1.165, 1.54) is 4.90 Å². The number of aryl methyl sites for hydroxylation is 3. The number of fused-ring (bicyclic) bond motifs is 1. The van der Waals surface area contributed by atoms with Crippen molar-refractivity contribution in [2.75, 3.05) is 19.7 Å². The highest BCUT2D eigenvalue weighted by atomic mass is 19.4. The molecule has 1 saturated heterocycles. The molecule has 1 atom stereocenters. The molecule has 25 heavy (non-hydrogen) atoms. The van der Waals surface area contributed by atoms with Gasteiger partial charge in [-0.2, -0.15) is 13.2 Å². The summed E-state index contributed by atoms with van der Waals surface area (Å²) in [7, 11) is 0. The molecule has 0 radical (unpaired) electrons. The SMILES string of the molecule is Cc1[nH]c2c(C)ccc(C)c2c1CC(=O)N1CCO[C@H](C(F)(F)F)C1. The van der Waals surface area contributed by atoms with Crippen LogP contribution in [0.2, 0.25) is 0 Å². The number of rotatable bonds is 2. The third-order valence-corrected chi connectivity index (χ3v) is 4.80. The van der Waals surface area contributed by atoms with E-state index in [0.717, 1.165) is 33.3 Å². The van der Waals surface area contributed by atoms with Crippen molar-refractivity contribution in [3.05, 3.63) is 34.5 Å². The normalized spacial score (nSPS) is 18.8. The fraction of sp³-hybridized carbons (Fsp3) is 0.500. The highest BCUT2D eigenvalue weighted by molar-refractivity contribution is 5.93. The molecule has 2 heterocycles. The second kappa shape index (κ2) is 6.37. The minimum Gasteiger partial charge on any atom is -0.365 e. The summed E-state index contributed by atoms with van der Waals surface area (Å²) < 4.78 is 43.3. The molecule has 1 fully saturated rings. The van der Waals surface area contributed by atoms with Crippen molar-refractivity contribution >= 4 is 16.8 Å². The molecule has 1 aromatic carbocycles. The molecule has 1 aliphatic rings. The maximum atomic E-state index is 12.9. The Bertz CT molecular complexity index is 811. The fourth-order valence-electron chi connectivity index (χ4n) is 3.37. The maximum absolute atomic E-state index is 12.9. The van der Waals surface area contributed by atoms with E-state index in [1.54, 1.807) is 0 Å². The summed E-state index contributed by atoms with van der Waals surface area (Å²) in [5.74, 6) is -0.303. The molecule has 0 saturated carbocycles. The molecule has 136 valence electrons. The summed E-state index contributed by atoms with van der Waals surface area (Å²) in [4.78, 5) is 17.2. The number of hydrogen-bond acceptors (Lipinski definition) is 2. The van der Waals surface area contributed by atoms with Crippen molar-refractivity contribution in [2.45, 2.75) is 39.5 Å². The minimum atomic E-state index is -4.46. The van der Waals surface area contributed by atoms with Crippen LogP contribution in [0.3, 0.4) is 0 Å². The number of benzene rings is 1. The number of ether oxygens (including phenoxy) is 1. The van der Waals surface area contributed by atoms with E-state index in [0.29, 0.717) is 0 Å². The van der Waals surface area contributed by atoms with Gasteiger partial charge in [-0.25, -0.2) is 0 Å². The molecule has 1 aromatic heterocycles. The van der Waals surface area contributed by atoms with Crippen molar-refractivity contribution < 1.29 is 22.7 Å². The molecule has 2 aromatic rings. The number of carbonyl (C=O) groups is 1. The quantitative estimate of drug-likeness (QED) is 0.898. The summed E-state index contributed by atoms with van der Waals surface area (Å²) in [6.07, 6.45) is -6.28. The second-order valence-electron chi connectivity index (χ2n) is 6.60. The molecular weight excluding hydrogens is 333 g/mol. The van der Waals surface area contributed by atoms with Gasteiger partial charge < -0.3 is 14.6 Å². The van der Waals surface area contributed by atoms with Gasteiger partial charge in [0.05, 0.1) is 19.6 Å². The summed E-state index contributed by atoms with van der Waals surface area (Å²) >= 11 is 0. The number of aromatic nitrogens is 1. The van der Waals surface area contributed by atoms with Crippen LogP contribution in [-0.2, 0) is 16.0 Å². The predicted octanol–water partition coefficient (Wildman–Crippen LogP) is 3.43. The molecule has 3 rings (SSSR count). The molecule has 1 amide bonds. The maximum Gasteiger partial charge on any atom is 0.416 e. The number of H-pyrrole nitrogens is 1. The van der Waals surface area contributed by atoms with Gasteiger partial charge in [-0.05, 0) is 37.5 Å². The van der Waals surface area contributed by atoms with Gasteiger partial charge in [-0.15, -0.1) is 0 Å². The van der Waals surface area contributed by atoms with Gasteiger partial charge in [-0.1, -0.05) is 12.1 Å². The molecule has 4 nitrogen and oxygen atoms in total. The standard InChI is InChI=1S/C18H21F3N2O2/c1-10-4-5-11(2)17-16(10)13(12(3)22-17)8-15(24)23-6-7-25-14(9-23)18(19,20)21/h4-5,14,22H,6-9H2,1-3H3/t14-/m0/s1. The molecule has 0 unspecified atom stereocenters. The van der Waals surface area contributed by atoms with Crippen LogP contribution in [0.25, 0.3) is 10.9 Å². The largest absolute Gasteiger partial charge is 0.416 e. The molecule has 0 aliphatic carbocycles. The number of halogens is 3. The summed E-state index contributed by atoms with van der Waals surface area (Å²) in [5, 5.41) is 0.992. The number of amides is 1. The Hall–Kier alpha value is -2.02. The van der Waals surface area contributed by atoms with Gasteiger partial charge in [0.2, 0.25) is 5.91 Å². The third kappa shape index (κ3) is 3.38. The molecule has 0 bridgehead atoms. The lowest BCUT2D eigenvalue weighted by molar-refractivity contribution is -0.236. The fourth-order valence-corrected chi connectivity index (χ4v) is 3.37. The Morgan fingerprint density at radius 3 is 2.64 bits per heavy atom. The zero-order chi connectivity index (χ0) is 18.4. The summed E-state index contributed by atoms with van der Waals surface area (Å²) in [6, 6.07) is 4.00. The van der Waals surface area contributed by atoms with Crippen LogP contribution in [-0.4, -0.2) is 47.8 Å². The van der Waals surface area contributed by atoms with Crippen LogP contribution >= 0.6 is 0 Å². The van der Waals surface area contributed by atoms with Gasteiger partial charge in [0, 0.05) is 23.1 Å². The Kier molecular flexibility index (Phi) is 4.53. The van der Waals surface area contributed by atoms with Crippen molar-refractivity contribution in [3.63, 3.8) is 0 Å². The first-order valence-electron chi connectivity index (χ1n) is 8.22. The lowest BCUT2D eigenvalue weighted by atomic mass is 10.0. The first kappa shape index (κ1) is 17.8. The van der Waals surface area contributed by atoms with E-state index in [-0.39, 0.29) is 25.5 Å². The number of carbonyl (C=O) groups excluding carboxylic acids is 1. The van der Waals surface area contributed by atoms with Crippen LogP contribution < -0.4 is 0 Å². The zero-order valence-electron chi connectivity index (χ0n) is 14.5. The Morgan fingerprint density at radius 2 is 1.96 bits per heavy atom.